The predicted molar refractivity (Wildman–Crippen MR) is 119 cm³/mol. The standard InChI is InChI=1S/C28H28/c1-27(2,3)25-19-20-26(21-25)28(22-13-7-4-8-14-22,23-15-9-5-10-16-23)24-17-11-6-12-18-24/h4-19,21H,20H2,1-3H3. The van der Waals surface area contributed by atoms with Gasteiger partial charge in [0.2, 0.25) is 0 Å². The molecule has 1 aliphatic rings. The van der Waals surface area contributed by atoms with E-state index in [0.717, 1.165) is 6.42 Å². The zero-order chi connectivity index (χ0) is 19.6. The van der Waals surface area contributed by atoms with Crippen LogP contribution >= 0.6 is 0 Å². The van der Waals surface area contributed by atoms with Crippen molar-refractivity contribution in [2.75, 3.05) is 0 Å². The number of hydrogen-bond acceptors (Lipinski definition) is 0. The molecule has 0 N–H and O–H groups in total. The highest BCUT2D eigenvalue weighted by Crippen LogP contribution is 2.49. The van der Waals surface area contributed by atoms with Crippen molar-refractivity contribution in [2.24, 2.45) is 5.41 Å². The molecule has 0 aromatic heterocycles. The first-order chi connectivity index (χ1) is 13.5. The summed E-state index contributed by atoms with van der Waals surface area (Å²) < 4.78 is 0. The van der Waals surface area contributed by atoms with Crippen LogP contribution < -0.4 is 0 Å². The molecular formula is C28H28. The predicted octanol–water partition coefficient (Wildman–Crippen LogP) is 7.32. The van der Waals surface area contributed by atoms with Crippen molar-refractivity contribution in [3.63, 3.8) is 0 Å². The zero-order valence-corrected chi connectivity index (χ0v) is 17.0. The van der Waals surface area contributed by atoms with E-state index in [4.69, 9.17) is 0 Å². The van der Waals surface area contributed by atoms with E-state index < -0.39 is 0 Å². The molecule has 0 radical (unpaired) electrons. The summed E-state index contributed by atoms with van der Waals surface area (Å²) in [5.74, 6) is 0. The topological polar surface area (TPSA) is 0 Å². The summed E-state index contributed by atoms with van der Waals surface area (Å²) in [6.45, 7) is 6.90. The first-order valence-corrected chi connectivity index (χ1v) is 10.1. The molecule has 0 aliphatic heterocycles. The molecule has 0 nitrogen and oxygen atoms in total. The molecule has 0 fully saturated rings. The molecule has 0 heterocycles. The summed E-state index contributed by atoms with van der Waals surface area (Å²) in [6.07, 6.45) is 5.84. The Bertz CT molecular complexity index is 888. The van der Waals surface area contributed by atoms with Gasteiger partial charge in [0, 0.05) is 0 Å². The van der Waals surface area contributed by atoms with Crippen LogP contribution in [0.3, 0.4) is 0 Å². The second kappa shape index (κ2) is 7.28. The second-order valence-electron chi connectivity index (χ2n) is 8.63. The monoisotopic (exact) mass is 364 g/mol. The summed E-state index contributed by atoms with van der Waals surface area (Å²) in [4.78, 5) is 0. The van der Waals surface area contributed by atoms with Gasteiger partial charge in [-0.15, -0.1) is 0 Å². The fourth-order valence-corrected chi connectivity index (χ4v) is 4.43. The van der Waals surface area contributed by atoms with Crippen molar-refractivity contribution >= 4 is 0 Å². The van der Waals surface area contributed by atoms with Gasteiger partial charge in [0.05, 0.1) is 5.41 Å². The molecule has 28 heavy (non-hydrogen) atoms. The minimum Gasteiger partial charge on any atom is -0.0766 e. The van der Waals surface area contributed by atoms with E-state index in [0.29, 0.717) is 0 Å². The lowest BCUT2D eigenvalue weighted by Gasteiger charge is -2.38. The van der Waals surface area contributed by atoms with E-state index in [1.54, 1.807) is 0 Å². The highest BCUT2D eigenvalue weighted by Gasteiger charge is 2.41. The minimum absolute atomic E-state index is 0.150. The van der Waals surface area contributed by atoms with Crippen LogP contribution in [0.2, 0.25) is 0 Å². The van der Waals surface area contributed by atoms with Crippen molar-refractivity contribution in [3.05, 3.63) is 131 Å². The SMILES string of the molecule is CC(C)(C)C1=CCC(C(c2ccccc2)(c2ccccc2)c2ccccc2)=C1. The molecule has 140 valence electrons. The molecule has 4 rings (SSSR count). The molecule has 0 heteroatoms. The van der Waals surface area contributed by atoms with Gasteiger partial charge in [0.25, 0.3) is 0 Å². The molecule has 3 aromatic rings. The molecule has 0 saturated carbocycles. The highest BCUT2D eigenvalue weighted by atomic mass is 14.4. The van der Waals surface area contributed by atoms with Crippen LogP contribution in [0.25, 0.3) is 0 Å². The van der Waals surface area contributed by atoms with Crippen LogP contribution in [0, 0.1) is 5.41 Å². The van der Waals surface area contributed by atoms with Crippen LogP contribution in [-0.2, 0) is 5.41 Å². The Hall–Kier alpha value is -2.86. The lowest BCUT2D eigenvalue weighted by atomic mass is 9.64. The third kappa shape index (κ3) is 3.14. The van der Waals surface area contributed by atoms with Gasteiger partial charge in [-0.2, -0.15) is 0 Å². The Balaban J connectivity index is 2.04. The van der Waals surface area contributed by atoms with E-state index in [2.05, 4.69) is 124 Å². The maximum atomic E-state index is 2.45. The molecule has 0 atom stereocenters. The Labute approximate surface area is 169 Å². The van der Waals surface area contributed by atoms with E-state index in [9.17, 15) is 0 Å². The van der Waals surface area contributed by atoms with Gasteiger partial charge in [-0.3, -0.25) is 0 Å². The normalized spacial score (nSPS) is 14.5. The largest absolute Gasteiger partial charge is 0.0766 e. The van der Waals surface area contributed by atoms with Gasteiger partial charge in [-0.25, -0.2) is 0 Å². The van der Waals surface area contributed by atoms with Crippen LogP contribution in [0.4, 0.5) is 0 Å². The molecule has 0 unspecified atom stereocenters. The van der Waals surface area contributed by atoms with Gasteiger partial charge < -0.3 is 0 Å². The Morgan fingerprint density at radius 3 is 1.29 bits per heavy atom. The lowest BCUT2D eigenvalue weighted by Crippen LogP contribution is -2.31. The summed E-state index contributed by atoms with van der Waals surface area (Å²) in [7, 11) is 0. The van der Waals surface area contributed by atoms with E-state index in [-0.39, 0.29) is 10.8 Å². The summed E-state index contributed by atoms with van der Waals surface area (Å²) in [5.41, 5.74) is 6.70. The third-order valence-electron chi connectivity index (χ3n) is 5.84. The van der Waals surface area contributed by atoms with E-state index in [1.807, 2.05) is 0 Å². The van der Waals surface area contributed by atoms with Crippen LogP contribution in [0.5, 0.6) is 0 Å². The van der Waals surface area contributed by atoms with Gasteiger partial charge >= 0.3 is 0 Å². The highest BCUT2D eigenvalue weighted by molar-refractivity contribution is 5.61. The average molecular weight is 365 g/mol. The van der Waals surface area contributed by atoms with Crippen LogP contribution in [0.15, 0.2) is 114 Å². The number of rotatable bonds is 4. The van der Waals surface area contributed by atoms with Gasteiger partial charge in [-0.1, -0.05) is 124 Å². The second-order valence-corrected chi connectivity index (χ2v) is 8.63. The Kier molecular flexibility index (Phi) is 4.81. The third-order valence-corrected chi connectivity index (χ3v) is 5.84. The lowest BCUT2D eigenvalue weighted by molar-refractivity contribution is 0.517. The van der Waals surface area contributed by atoms with Crippen molar-refractivity contribution in [2.45, 2.75) is 32.6 Å². The Morgan fingerprint density at radius 1 is 0.571 bits per heavy atom. The zero-order valence-electron chi connectivity index (χ0n) is 17.0. The minimum atomic E-state index is -0.284. The molecule has 0 bridgehead atoms. The fraction of sp³-hybridized carbons (Fsp3) is 0.214. The Morgan fingerprint density at radius 2 is 0.964 bits per heavy atom. The summed E-state index contributed by atoms with van der Waals surface area (Å²) in [6, 6.07) is 32.9. The smallest absolute Gasteiger partial charge is 0.0667 e. The first kappa shape index (κ1) is 18.5. The molecule has 0 saturated heterocycles. The van der Waals surface area contributed by atoms with Crippen LogP contribution in [-0.4, -0.2) is 0 Å². The molecule has 0 amide bonds. The fourth-order valence-electron chi connectivity index (χ4n) is 4.43. The quantitative estimate of drug-likeness (QED) is 0.425. The van der Waals surface area contributed by atoms with Crippen molar-refractivity contribution in [3.8, 4) is 0 Å². The van der Waals surface area contributed by atoms with Crippen molar-refractivity contribution < 1.29 is 0 Å². The summed E-state index contributed by atoms with van der Waals surface area (Å²) in [5, 5.41) is 0. The van der Waals surface area contributed by atoms with Gasteiger partial charge in [0.1, 0.15) is 0 Å². The van der Waals surface area contributed by atoms with E-state index >= 15 is 0 Å². The van der Waals surface area contributed by atoms with Gasteiger partial charge in [-0.05, 0) is 39.7 Å². The first-order valence-electron chi connectivity index (χ1n) is 10.1. The molecular weight excluding hydrogens is 336 g/mol. The van der Waals surface area contributed by atoms with Crippen molar-refractivity contribution in [1.82, 2.24) is 0 Å². The molecule has 0 spiro atoms. The summed E-state index contributed by atoms with van der Waals surface area (Å²) >= 11 is 0. The number of allylic oxidation sites excluding steroid dienone is 4. The number of hydrogen-bond donors (Lipinski definition) is 0. The van der Waals surface area contributed by atoms with Gasteiger partial charge in [0.15, 0.2) is 0 Å². The maximum absolute atomic E-state index is 2.45. The van der Waals surface area contributed by atoms with Crippen molar-refractivity contribution in [1.29, 1.82) is 0 Å². The van der Waals surface area contributed by atoms with Crippen LogP contribution in [0.1, 0.15) is 43.9 Å². The molecule has 3 aromatic carbocycles. The molecule has 1 aliphatic carbocycles. The average Bonchev–Trinajstić information content (AvgIpc) is 3.22. The number of benzene rings is 3. The maximum Gasteiger partial charge on any atom is 0.0667 e. The van der Waals surface area contributed by atoms with E-state index in [1.165, 1.54) is 27.8 Å².